The van der Waals surface area contributed by atoms with Crippen molar-refractivity contribution in [1.82, 2.24) is 0 Å². The number of benzene rings is 2. The number of rotatable bonds is 3. The normalized spacial score (nSPS) is 12.3. The largest absolute Gasteiger partial charge is 0.378 e. The lowest BCUT2D eigenvalue weighted by Crippen LogP contribution is -2.09. The van der Waals surface area contributed by atoms with Crippen molar-refractivity contribution in [2.75, 3.05) is 5.32 Å². The number of aryl methyl sites for hydroxylation is 2. The highest BCUT2D eigenvalue weighted by Crippen LogP contribution is 2.32. The van der Waals surface area contributed by atoms with Gasteiger partial charge < -0.3 is 5.32 Å². The molecular formula is C16H16Br2ClN. The Bertz CT molecular complexity index is 617. The molecule has 4 heteroatoms. The molecule has 0 spiro atoms. The Morgan fingerprint density at radius 1 is 1.00 bits per heavy atom. The van der Waals surface area contributed by atoms with Gasteiger partial charge in [0.25, 0.3) is 0 Å². The third kappa shape index (κ3) is 3.57. The van der Waals surface area contributed by atoms with E-state index in [0.717, 1.165) is 19.5 Å². The zero-order valence-electron chi connectivity index (χ0n) is 11.6. The molecule has 0 saturated heterocycles. The number of hydrogen-bond acceptors (Lipinski definition) is 1. The minimum absolute atomic E-state index is 0.147. The second-order valence-corrected chi connectivity index (χ2v) is 7.18. The van der Waals surface area contributed by atoms with Crippen LogP contribution in [-0.2, 0) is 0 Å². The van der Waals surface area contributed by atoms with E-state index in [4.69, 9.17) is 11.6 Å². The van der Waals surface area contributed by atoms with Crippen LogP contribution >= 0.6 is 43.5 Å². The third-order valence-corrected chi connectivity index (χ3v) is 4.57. The molecule has 20 heavy (non-hydrogen) atoms. The van der Waals surface area contributed by atoms with Gasteiger partial charge in [0.2, 0.25) is 0 Å². The van der Waals surface area contributed by atoms with Crippen molar-refractivity contribution in [3.8, 4) is 0 Å². The molecule has 0 aliphatic heterocycles. The molecule has 106 valence electrons. The first-order chi connectivity index (χ1) is 9.38. The van der Waals surface area contributed by atoms with Gasteiger partial charge in [-0.15, -0.1) is 0 Å². The van der Waals surface area contributed by atoms with E-state index >= 15 is 0 Å². The molecule has 1 nitrogen and oxygen atoms in total. The molecule has 0 bridgehead atoms. The average Bonchev–Trinajstić information content (AvgIpc) is 2.33. The summed E-state index contributed by atoms with van der Waals surface area (Å²) in [6, 6.07) is 10.4. The molecule has 0 aliphatic carbocycles. The summed E-state index contributed by atoms with van der Waals surface area (Å²) in [5, 5.41) is 4.33. The molecule has 0 amide bonds. The number of halogens is 3. The number of anilines is 1. The topological polar surface area (TPSA) is 12.0 Å². The van der Waals surface area contributed by atoms with Crippen molar-refractivity contribution in [3.05, 3.63) is 61.0 Å². The van der Waals surface area contributed by atoms with Crippen molar-refractivity contribution < 1.29 is 0 Å². The summed E-state index contributed by atoms with van der Waals surface area (Å²) in [4.78, 5) is 0. The van der Waals surface area contributed by atoms with Crippen molar-refractivity contribution in [2.45, 2.75) is 26.8 Å². The Kier molecular flexibility index (Phi) is 5.16. The van der Waals surface area contributed by atoms with Crippen LogP contribution in [0.4, 0.5) is 5.69 Å². The summed E-state index contributed by atoms with van der Waals surface area (Å²) in [6.07, 6.45) is 0. The maximum Gasteiger partial charge on any atom is 0.0500 e. The van der Waals surface area contributed by atoms with E-state index in [-0.39, 0.29) is 6.04 Å². The minimum Gasteiger partial charge on any atom is -0.378 e. The second kappa shape index (κ2) is 6.50. The van der Waals surface area contributed by atoms with E-state index in [0.29, 0.717) is 0 Å². The van der Waals surface area contributed by atoms with Crippen LogP contribution in [0.1, 0.15) is 29.7 Å². The number of nitrogens with one attached hydrogen (secondary N) is 1. The van der Waals surface area contributed by atoms with Crippen LogP contribution in [0.5, 0.6) is 0 Å². The molecule has 0 aromatic heterocycles. The van der Waals surface area contributed by atoms with Crippen LogP contribution < -0.4 is 5.32 Å². The van der Waals surface area contributed by atoms with Crippen LogP contribution in [0.25, 0.3) is 0 Å². The van der Waals surface area contributed by atoms with E-state index in [1.807, 2.05) is 18.2 Å². The second-order valence-electron chi connectivity index (χ2n) is 4.95. The van der Waals surface area contributed by atoms with Crippen molar-refractivity contribution >= 4 is 49.1 Å². The van der Waals surface area contributed by atoms with Gasteiger partial charge in [0.05, 0.1) is 6.04 Å². The molecule has 1 atom stereocenters. The molecule has 2 aromatic rings. The molecule has 2 aromatic carbocycles. The van der Waals surface area contributed by atoms with Crippen LogP contribution in [0, 0.1) is 13.8 Å². The summed E-state index contributed by atoms with van der Waals surface area (Å²) >= 11 is 13.3. The van der Waals surface area contributed by atoms with Gasteiger partial charge in [0.1, 0.15) is 0 Å². The fourth-order valence-corrected chi connectivity index (χ4v) is 3.81. The highest BCUT2D eigenvalue weighted by Gasteiger charge is 2.12. The summed E-state index contributed by atoms with van der Waals surface area (Å²) in [6.45, 7) is 6.34. The first-order valence-electron chi connectivity index (χ1n) is 6.36. The van der Waals surface area contributed by atoms with Gasteiger partial charge in [-0.3, -0.25) is 0 Å². The van der Waals surface area contributed by atoms with Crippen LogP contribution in [0.2, 0.25) is 5.02 Å². The molecule has 1 N–H and O–H groups in total. The van der Waals surface area contributed by atoms with Gasteiger partial charge in [-0.1, -0.05) is 49.5 Å². The molecule has 0 fully saturated rings. The van der Waals surface area contributed by atoms with Crippen molar-refractivity contribution in [2.24, 2.45) is 0 Å². The Labute approximate surface area is 142 Å². The zero-order valence-corrected chi connectivity index (χ0v) is 15.5. The van der Waals surface area contributed by atoms with Crippen LogP contribution in [0.15, 0.2) is 39.3 Å². The maximum atomic E-state index is 6.32. The lowest BCUT2D eigenvalue weighted by molar-refractivity contribution is 0.880. The molecule has 1 unspecified atom stereocenters. The lowest BCUT2D eigenvalue weighted by atomic mass is 10.0. The van der Waals surface area contributed by atoms with Crippen LogP contribution in [-0.4, -0.2) is 0 Å². The van der Waals surface area contributed by atoms with E-state index < -0.39 is 0 Å². The van der Waals surface area contributed by atoms with Gasteiger partial charge in [-0.2, -0.15) is 0 Å². The minimum atomic E-state index is 0.147. The molecule has 0 aliphatic rings. The van der Waals surface area contributed by atoms with Gasteiger partial charge in [0, 0.05) is 19.7 Å². The van der Waals surface area contributed by atoms with Gasteiger partial charge in [0.15, 0.2) is 0 Å². The average molecular weight is 418 g/mol. The standard InChI is InChI=1S/C16H16Br2ClN/c1-9-6-13(18)7-10(2)16(9)20-11(3)14-5-4-12(17)8-15(14)19/h4-8,11,20H,1-3H3. The SMILES string of the molecule is Cc1cc(Br)cc(C)c1NC(C)c1ccc(Br)cc1Cl. The van der Waals surface area contributed by atoms with E-state index in [1.165, 1.54) is 16.8 Å². The van der Waals surface area contributed by atoms with Gasteiger partial charge in [-0.05, 0) is 61.7 Å². The van der Waals surface area contributed by atoms with Gasteiger partial charge >= 0.3 is 0 Å². The fourth-order valence-electron chi connectivity index (χ4n) is 2.29. The van der Waals surface area contributed by atoms with E-state index in [9.17, 15) is 0 Å². The Balaban J connectivity index is 2.30. The molecule has 0 radical (unpaired) electrons. The predicted molar refractivity (Wildman–Crippen MR) is 94.8 cm³/mol. The number of hydrogen-bond donors (Lipinski definition) is 1. The molecule has 2 rings (SSSR count). The van der Waals surface area contributed by atoms with Gasteiger partial charge in [-0.25, -0.2) is 0 Å². The summed E-state index contributed by atoms with van der Waals surface area (Å²) in [7, 11) is 0. The van der Waals surface area contributed by atoms with Crippen LogP contribution in [0.3, 0.4) is 0 Å². The van der Waals surface area contributed by atoms with Crippen molar-refractivity contribution in [3.63, 3.8) is 0 Å². The Morgan fingerprint density at radius 3 is 2.15 bits per heavy atom. The summed E-state index contributed by atoms with van der Waals surface area (Å²) < 4.78 is 2.10. The summed E-state index contributed by atoms with van der Waals surface area (Å²) in [5.74, 6) is 0. The fraction of sp³-hybridized carbons (Fsp3) is 0.250. The van der Waals surface area contributed by atoms with E-state index in [1.54, 1.807) is 0 Å². The zero-order chi connectivity index (χ0) is 14.9. The van der Waals surface area contributed by atoms with E-state index in [2.05, 4.69) is 70.1 Å². The van der Waals surface area contributed by atoms with Crippen molar-refractivity contribution in [1.29, 1.82) is 0 Å². The predicted octanol–water partition coefficient (Wildman–Crippen LogP) is 6.65. The third-order valence-electron chi connectivity index (χ3n) is 3.29. The summed E-state index contributed by atoms with van der Waals surface area (Å²) in [5.41, 5.74) is 4.70. The molecule has 0 saturated carbocycles. The highest BCUT2D eigenvalue weighted by atomic mass is 79.9. The Hall–Kier alpha value is -0.510. The lowest BCUT2D eigenvalue weighted by Gasteiger charge is -2.21. The highest BCUT2D eigenvalue weighted by molar-refractivity contribution is 9.10. The molecule has 0 heterocycles. The smallest absolute Gasteiger partial charge is 0.0500 e. The first-order valence-corrected chi connectivity index (χ1v) is 8.33. The Morgan fingerprint density at radius 2 is 1.60 bits per heavy atom. The monoisotopic (exact) mass is 415 g/mol. The quantitative estimate of drug-likeness (QED) is 0.589. The first kappa shape index (κ1) is 15.9. The molecular weight excluding hydrogens is 401 g/mol. The maximum absolute atomic E-state index is 6.32.